The van der Waals surface area contributed by atoms with Gasteiger partial charge in [0, 0.05) is 0 Å². The Balaban J connectivity index is 2.12. The van der Waals surface area contributed by atoms with E-state index in [-0.39, 0.29) is 0 Å². The van der Waals surface area contributed by atoms with Crippen molar-refractivity contribution in [2.45, 2.75) is 73.1 Å². The van der Waals surface area contributed by atoms with Gasteiger partial charge in [0.1, 0.15) is 0 Å². The third kappa shape index (κ3) is 2.28. The normalized spacial score (nSPS) is 46.1. The van der Waals surface area contributed by atoms with Crippen LogP contribution in [0.2, 0.25) is 0 Å². The van der Waals surface area contributed by atoms with Crippen molar-refractivity contribution in [3.63, 3.8) is 0 Å². The number of rotatable bonds is 8. The molecular formula is C18H34S. The molecule has 0 heterocycles. The van der Waals surface area contributed by atoms with Crippen molar-refractivity contribution < 1.29 is 0 Å². The number of hydrogen-bond donors (Lipinski definition) is 1. The van der Waals surface area contributed by atoms with Gasteiger partial charge in [-0.05, 0) is 59.5 Å². The van der Waals surface area contributed by atoms with Crippen LogP contribution in [0.4, 0.5) is 0 Å². The van der Waals surface area contributed by atoms with E-state index in [1.807, 2.05) is 0 Å². The number of thiol groups is 1. The maximum absolute atomic E-state index is 4.77. The highest BCUT2D eigenvalue weighted by Gasteiger charge is 2.76. The minimum Gasteiger partial charge on any atom is -0.179 e. The Labute approximate surface area is 126 Å². The predicted molar refractivity (Wildman–Crippen MR) is 88.8 cm³/mol. The standard InChI is InChI=1S/C18H34S/c1-6-9-15-16(10-13(4)7-2)17(15,5)18(12-19)11-14(18)8-3/h13-16,19H,6-12H2,1-5H3. The first-order valence-electron chi connectivity index (χ1n) is 8.62. The van der Waals surface area contributed by atoms with Crippen LogP contribution in [0.3, 0.4) is 0 Å². The average Bonchev–Trinajstić information content (AvgIpc) is 3.28. The molecule has 0 aromatic carbocycles. The zero-order chi connectivity index (χ0) is 14.3. The molecule has 0 nitrogen and oxygen atoms in total. The van der Waals surface area contributed by atoms with Gasteiger partial charge < -0.3 is 0 Å². The molecule has 0 aliphatic heterocycles. The van der Waals surface area contributed by atoms with E-state index in [1.54, 1.807) is 0 Å². The first-order valence-corrected chi connectivity index (χ1v) is 9.25. The molecule has 6 atom stereocenters. The molecule has 0 spiro atoms. The quantitative estimate of drug-likeness (QED) is 0.533. The lowest BCUT2D eigenvalue weighted by Gasteiger charge is -2.26. The fraction of sp³-hybridized carbons (Fsp3) is 1.00. The molecule has 2 fully saturated rings. The van der Waals surface area contributed by atoms with Crippen molar-refractivity contribution in [1.29, 1.82) is 0 Å². The molecule has 1 heteroatoms. The van der Waals surface area contributed by atoms with Gasteiger partial charge in [-0.2, -0.15) is 12.6 Å². The van der Waals surface area contributed by atoms with Crippen molar-refractivity contribution >= 4 is 12.6 Å². The summed E-state index contributed by atoms with van der Waals surface area (Å²) in [5.74, 6) is 4.98. The SMILES string of the molecule is CCCC1C(CC(C)CC)C1(C)C1(CS)CC1CC. The zero-order valence-corrected chi connectivity index (χ0v) is 14.6. The fourth-order valence-electron chi connectivity index (χ4n) is 5.20. The van der Waals surface area contributed by atoms with E-state index < -0.39 is 0 Å². The molecule has 112 valence electrons. The molecule has 0 radical (unpaired) electrons. The van der Waals surface area contributed by atoms with Crippen LogP contribution in [0, 0.1) is 34.5 Å². The summed E-state index contributed by atoms with van der Waals surface area (Å²) in [5, 5.41) is 0. The van der Waals surface area contributed by atoms with E-state index in [1.165, 1.54) is 38.5 Å². The molecule has 0 amide bonds. The Kier molecular flexibility index (Phi) is 4.65. The molecule has 19 heavy (non-hydrogen) atoms. The Bertz CT molecular complexity index is 313. The predicted octanol–water partition coefficient (Wildman–Crippen LogP) is 5.82. The van der Waals surface area contributed by atoms with E-state index in [4.69, 9.17) is 12.6 Å². The monoisotopic (exact) mass is 282 g/mol. The second-order valence-electron chi connectivity index (χ2n) is 7.66. The zero-order valence-electron chi connectivity index (χ0n) is 13.7. The molecule has 0 saturated heterocycles. The summed E-state index contributed by atoms with van der Waals surface area (Å²) in [6.45, 7) is 12.1. The highest BCUT2D eigenvalue weighted by molar-refractivity contribution is 7.80. The molecule has 2 aliphatic rings. The Morgan fingerprint density at radius 3 is 2.32 bits per heavy atom. The molecular weight excluding hydrogens is 248 g/mol. The van der Waals surface area contributed by atoms with Crippen molar-refractivity contribution in [3.05, 3.63) is 0 Å². The van der Waals surface area contributed by atoms with Gasteiger partial charge in [0.05, 0.1) is 0 Å². The lowest BCUT2D eigenvalue weighted by Crippen LogP contribution is -2.23. The highest BCUT2D eigenvalue weighted by Crippen LogP contribution is 2.81. The van der Waals surface area contributed by atoms with Gasteiger partial charge in [-0.3, -0.25) is 0 Å². The lowest BCUT2D eigenvalue weighted by molar-refractivity contribution is 0.251. The van der Waals surface area contributed by atoms with Gasteiger partial charge in [0.2, 0.25) is 0 Å². The average molecular weight is 283 g/mol. The summed E-state index contributed by atoms with van der Waals surface area (Å²) in [4.78, 5) is 0. The Morgan fingerprint density at radius 1 is 1.21 bits per heavy atom. The second kappa shape index (κ2) is 5.62. The van der Waals surface area contributed by atoms with Crippen LogP contribution >= 0.6 is 12.6 Å². The Morgan fingerprint density at radius 2 is 1.89 bits per heavy atom. The third-order valence-corrected chi connectivity index (χ3v) is 7.51. The molecule has 0 aromatic heterocycles. The molecule has 2 rings (SSSR count). The van der Waals surface area contributed by atoms with E-state index in [2.05, 4.69) is 34.6 Å². The van der Waals surface area contributed by atoms with Gasteiger partial charge in [-0.1, -0.05) is 53.9 Å². The second-order valence-corrected chi connectivity index (χ2v) is 7.97. The first kappa shape index (κ1) is 15.7. The summed E-state index contributed by atoms with van der Waals surface area (Å²) in [6, 6.07) is 0. The van der Waals surface area contributed by atoms with E-state index in [9.17, 15) is 0 Å². The van der Waals surface area contributed by atoms with Crippen molar-refractivity contribution in [1.82, 2.24) is 0 Å². The van der Waals surface area contributed by atoms with Gasteiger partial charge in [-0.25, -0.2) is 0 Å². The van der Waals surface area contributed by atoms with Gasteiger partial charge in [0.25, 0.3) is 0 Å². The van der Waals surface area contributed by atoms with Gasteiger partial charge in [-0.15, -0.1) is 0 Å². The maximum atomic E-state index is 4.77. The number of hydrogen-bond acceptors (Lipinski definition) is 1. The third-order valence-electron chi connectivity index (χ3n) is 6.95. The highest BCUT2D eigenvalue weighted by atomic mass is 32.1. The summed E-state index contributed by atoms with van der Waals surface area (Å²) in [6.07, 6.45) is 8.44. The summed E-state index contributed by atoms with van der Waals surface area (Å²) in [5.41, 5.74) is 1.22. The van der Waals surface area contributed by atoms with Crippen molar-refractivity contribution in [2.24, 2.45) is 34.5 Å². The van der Waals surface area contributed by atoms with E-state index >= 15 is 0 Å². The molecule has 2 aliphatic carbocycles. The molecule has 6 unspecified atom stereocenters. The maximum Gasteiger partial charge on any atom is -0.00330 e. The summed E-state index contributed by atoms with van der Waals surface area (Å²) < 4.78 is 0. The van der Waals surface area contributed by atoms with Crippen LogP contribution in [-0.2, 0) is 0 Å². The van der Waals surface area contributed by atoms with Crippen molar-refractivity contribution in [2.75, 3.05) is 5.75 Å². The van der Waals surface area contributed by atoms with E-state index in [0.29, 0.717) is 10.8 Å². The molecule has 0 N–H and O–H groups in total. The first-order chi connectivity index (χ1) is 9.01. The minimum absolute atomic E-state index is 0.600. The van der Waals surface area contributed by atoms with Gasteiger partial charge in [0.15, 0.2) is 0 Å². The van der Waals surface area contributed by atoms with Crippen LogP contribution < -0.4 is 0 Å². The van der Waals surface area contributed by atoms with Crippen LogP contribution in [0.5, 0.6) is 0 Å². The Hall–Kier alpha value is 0.350. The summed E-state index contributed by atoms with van der Waals surface area (Å²) >= 11 is 4.77. The molecule has 0 bridgehead atoms. The van der Waals surface area contributed by atoms with E-state index in [0.717, 1.165) is 29.4 Å². The lowest BCUT2D eigenvalue weighted by atomic mass is 9.81. The fourth-order valence-corrected chi connectivity index (χ4v) is 5.93. The largest absolute Gasteiger partial charge is 0.179 e. The van der Waals surface area contributed by atoms with Crippen LogP contribution in [0.25, 0.3) is 0 Å². The van der Waals surface area contributed by atoms with Crippen LogP contribution in [-0.4, -0.2) is 5.75 Å². The van der Waals surface area contributed by atoms with Crippen molar-refractivity contribution in [3.8, 4) is 0 Å². The topological polar surface area (TPSA) is 0 Å². The molecule has 2 saturated carbocycles. The van der Waals surface area contributed by atoms with Crippen LogP contribution in [0.15, 0.2) is 0 Å². The van der Waals surface area contributed by atoms with Gasteiger partial charge >= 0.3 is 0 Å². The molecule has 0 aromatic rings. The minimum atomic E-state index is 0.600. The smallest absolute Gasteiger partial charge is 0.00330 e. The summed E-state index contributed by atoms with van der Waals surface area (Å²) in [7, 11) is 0. The van der Waals surface area contributed by atoms with Crippen LogP contribution in [0.1, 0.15) is 73.1 Å².